The van der Waals surface area contributed by atoms with E-state index in [9.17, 15) is 4.79 Å². The smallest absolute Gasteiger partial charge is 0.156 e. The molecule has 0 spiro atoms. The van der Waals surface area contributed by atoms with E-state index in [-0.39, 0.29) is 5.78 Å². The molecule has 17 heavy (non-hydrogen) atoms. The van der Waals surface area contributed by atoms with Crippen molar-refractivity contribution < 1.29 is 4.79 Å². The highest BCUT2D eigenvalue weighted by molar-refractivity contribution is 7.10. The number of nitrogens with two attached hydrogens (primary N) is 1. The van der Waals surface area contributed by atoms with Crippen molar-refractivity contribution in [3.05, 3.63) is 40.7 Å². The summed E-state index contributed by atoms with van der Waals surface area (Å²) in [5, 5.41) is 2.80. The Hall–Kier alpha value is -1.52. The van der Waals surface area contributed by atoms with Gasteiger partial charge in [0, 0.05) is 10.9 Å². The zero-order chi connectivity index (χ0) is 12.3. The van der Waals surface area contributed by atoms with Gasteiger partial charge in [-0.1, -0.05) is 30.3 Å². The molecule has 2 rings (SSSR count). The van der Waals surface area contributed by atoms with Gasteiger partial charge >= 0.3 is 0 Å². The highest BCUT2D eigenvalue weighted by Gasteiger charge is 2.12. The highest BCUT2D eigenvalue weighted by atomic mass is 32.1. The molecule has 1 unspecified atom stereocenters. The molecule has 0 radical (unpaired) electrons. The van der Waals surface area contributed by atoms with Crippen LogP contribution in [0.25, 0.3) is 11.3 Å². The molecule has 0 aliphatic carbocycles. The standard InChI is InChI=1S/C13H14N2OS/c1-9(14)12(16)7-13-15-11(8-17-13)10-5-3-2-4-6-10/h2-6,8-9H,7,14H2,1H3. The summed E-state index contributed by atoms with van der Waals surface area (Å²) >= 11 is 1.50. The van der Waals surface area contributed by atoms with Crippen molar-refractivity contribution in [2.75, 3.05) is 0 Å². The van der Waals surface area contributed by atoms with Crippen LogP contribution < -0.4 is 5.73 Å². The zero-order valence-electron chi connectivity index (χ0n) is 9.59. The lowest BCUT2D eigenvalue weighted by molar-refractivity contribution is -0.119. The molecule has 0 amide bonds. The first-order chi connectivity index (χ1) is 8.16. The van der Waals surface area contributed by atoms with Gasteiger partial charge in [0.25, 0.3) is 0 Å². The minimum Gasteiger partial charge on any atom is -0.322 e. The summed E-state index contributed by atoms with van der Waals surface area (Å²) in [5.41, 5.74) is 7.52. The van der Waals surface area contributed by atoms with Crippen molar-refractivity contribution in [1.82, 2.24) is 4.98 Å². The SMILES string of the molecule is CC(N)C(=O)Cc1nc(-c2ccccc2)cs1. The maximum Gasteiger partial charge on any atom is 0.156 e. The second-order valence-corrected chi connectivity index (χ2v) is 4.87. The Morgan fingerprint density at radius 3 is 2.76 bits per heavy atom. The molecule has 0 fully saturated rings. The molecule has 1 atom stereocenters. The van der Waals surface area contributed by atoms with Crippen molar-refractivity contribution in [3.63, 3.8) is 0 Å². The Morgan fingerprint density at radius 2 is 2.12 bits per heavy atom. The summed E-state index contributed by atoms with van der Waals surface area (Å²) in [7, 11) is 0. The van der Waals surface area contributed by atoms with Crippen LogP contribution in [0.1, 0.15) is 11.9 Å². The van der Waals surface area contributed by atoms with Gasteiger partial charge in [0.1, 0.15) is 5.01 Å². The fourth-order valence-corrected chi connectivity index (χ4v) is 2.26. The molecule has 0 saturated carbocycles. The Morgan fingerprint density at radius 1 is 1.41 bits per heavy atom. The van der Waals surface area contributed by atoms with Crippen molar-refractivity contribution >= 4 is 17.1 Å². The maximum atomic E-state index is 11.5. The van der Waals surface area contributed by atoms with Gasteiger partial charge in [-0.25, -0.2) is 4.98 Å². The van der Waals surface area contributed by atoms with Crippen molar-refractivity contribution in [1.29, 1.82) is 0 Å². The average Bonchev–Trinajstić information content (AvgIpc) is 2.78. The second kappa shape index (κ2) is 5.21. The van der Waals surface area contributed by atoms with Crippen LogP contribution in [0.2, 0.25) is 0 Å². The highest BCUT2D eigenvalue weighted by Crippen LogP contribution is 2.21. The van der Waals surface area contributed by atoms with Crippen LogP contribution in [0.15, 0.2) is 35.7 Å². The maximum absolute atomic E-state index is 11.5. The molecule has 88 valence electrons. The number of carbonyl (C=O) groups excluding carboxylic acids is 1. The van der Waals surface area contributed by atoms with Gasteiger partial charge in [-0.05, 0) is 6.92 Å². The normalized spacial score (nSPS) is 12.4. The predicted molar refractivity (Wildman–Crippen MR) is 69.9 cm³/mol. The molecule has 0 bridgehead atoms. The molecule has 1 heterocycles. The monoisotopic (exact) mass is 246 g/mol. The summed E-state index contributed by atoms with van der Waals surface area (Å²) in [6, 6.07) is 9.51. The van der Waals surface area contributed by atoms with Crippen LogP contribution in [0.3, 0.4) is 0 Å². The molecule has 1 aromatic heterocycles. The number of benzene rings is 1. The van der Waals surface area contributed by atoms with E-state index in [1.807, 2.05) is 35.7 Å². The molecule has 2 aromatic rings. The molecule has 4 heteroatoms. The van der Waals surface area contributed by atoms with E-state index in [0.29, 0.717) is 6.42 Å². The molecule has 0 aliphatic rings. The number of ketones is 1. The van der Waals surface area contributed by atoms with Crippen LogP contribution >= 0.6 is 11.3 Å². The summed E-state index contributed by atoms with van der Waals surface area (Å²) in [5.74, 6) is 0.0268. The zero-order valence-corrected chi connectivity index (χ0v) is 10.4. The number of thiazole rings is 1. The van der Waals surface area contributed by atoms with E-state index in [0.717, 1.165) is 16.3 Å². The molecule has 2 N–H and O–H groups in total. The first-order valence-corrected chi connectivity index (χ1v) is 6.33. The summed E-state index contributed by atoms with van der Waals surface area (Å²) in [6.45, 7) is 1.70. The predicted octanol–water partition coefficient (Wildman–Crippen LogP) is 2.27. The number of hydrogen-bond donors (Lipinski definition) is 1. The largest absolute Gasteiger partial charge is 0.322 e. The summed E-state index contributed by atoms with van der Waals surface area (Å²) < 4.78 is 0. The van der Waals surface area contributed by atoms with Crippen LogP contribution in [-0.4, -0.2) is 16.8 Å². The van der Waals surface area contributed by atoms with Gasteiger partial charge < -0.3 is 5.73 Å². The van der Waals surface area contributed by atoms with Gasteiger partial charge in [0.15, 0.2) is 5.78 Å². The minimum absolute atomic E-state index is 0.0268. The van der Waals surface area contributed by atoms with Gasteiger partial charge in [-0.15, -0.1) is 11.3 Å². The molecular weight excluding hydrogens is 232 g/mol. The van der Waals surface area contributed by atoms with Crippen LogP contribution in [0.4, 0.5) is 0 Å². The third-order valence-electron chi connectivity index (χ3n) is 2.45. The van der Waals surface area contributed by atoms with Crippen molar-refractivity contribution in [2.45, 2.75) is 19.4 Å². The van der Waals surface area contributed by atoms with E-state index in [1.54, 1.807) is 6.92 Å². The van der Waals surface area contributed by atoms with Gasteiger partial charge in [0.2, 0.25) is 0 Å². The Kier molecular flexibility index (Phi) is 3.66. The Labute approximate surface area is 104 Å². The third kappa shape index (κ3) is 2.99. The van der Waals surface area contributed by atoms with Crippen LogP contribution in [0, 0.1) is 0 Å². The lowest BCUT2D eigenvalue weighted by atomic mass is 10.1. The fourth-order valence-electron chi connectivity index (χ4n) is 1.44. The Bertz CT molecular complexity index is 505. The first-order valence-electron chi connectivity index (χ1n) is 5.45. The second-order valence-electron chi connectivity index (χ2n) is 3.92. The van der Waals surface area contributed by atoms with Crippen molar-refractivity contribution in [3.8, 4) is 11.3 Å². The van der Waals surface area contributed by atoms with Crippen LogP contribution in [0.5, 0.6) is 0 Å². The van der Waals surface area contributed by atoms with Gasteiger partial charge in [-0.2, -0.15) is 0 Å². The molecule has 0 saturated heterocycles. The Balaban J connectivity index is 2.14. The van der Waals surface area contributed by atoms with E-state index in [1.165, 1.54) is 11.3 Å². The number of rotatable bonds is 4. The lowest BCUT2D eigenvalue weighted by Gasteiger charge is -2.00. The van der Waals surface area contributed by atoms with Gasteiger partial charge in [0.05, 0.1) is 18.2 Å². The number of Topliss-reactive ketones (excluding diaryl/α,β-unsaturated/α-hetero) is 1. The molecule has 3 nitrogen and oxygen atoms in total. The number of aromatic nitrogens is 1. The minimum atomic E-state index is -0.418. The van der Waals surface area contributed by atoms with E-state index in [2.05, 4.69) is 4.98 Å². The van der Waals surface area contributed by atoms with E-state index >= 15 is 0 Å². The van der Waals surface area contributed by atoms with Gasteiger partial charge in [-0.3, -0.25) is 4.79 Å². The van der Waals surface area contributed by atoms with E-state index in [4.69, 9.17) is 5.73 Å². The lowest BCUT2D eigenvalue weighted by Crippen LogP contribution is -2.28. The number of nitrogens with zero attached hydrogens (tertiary/aromatic N) is 1. The topological polar surface area (TPSA) is 56.0 Å². The first kappa shape index (κ1) is 12.0. The molecular formula is C13H14N2OS. The summed E-state index contributed by atoms with van der Waals surface area (Å²) in [6.07, 6.45) is 0.329. The molecule has 0 aliphatic heterocycles. The number of carbonyl (C=O) groups is 1. The quantitative estimate of drug-likeness (QED) is 0.900. The molecule has 1 aromatic carbocycles. The van der Waals surface area contributed by atoms with Crippen LogP contribution in [-0.2, 0) is 11.2 Å². The third-order valence-corrected chi connectivity index (χ3v) is 3.30. The van der Waals surface area contributed by atoms with E-state index < -0.39 is 6.04 Å². The van der Waals surface area contributed by atoms with Crippen molar-refractivity contribution in [2.24, 2.45) is 5.73 Å². The average molecular weight is 246 g/mol. The summed E-state index contributed by atoms with van der Waals surface area (Å²) in [4.78, 5) is 15.9. The fraction of sp³-hybridized carbons (Fsp3) is 0.231. The number of hydrogen-bond acceptors (Lipinski definition) is 4.